The number of hydrogen-bond donors (Lipinski definition) is 2. The molecule has 4 fully saturated rings. The van der Waals surface area contributed by atoms with Crippen LogP contribution in [-0.4, -0.2) is 58.7 Å². The maximum Gasteiger partial charge on any atom is 0.246 e. The highest BCUT2D eigenvalue weighted by Crippen LogP contribution is 2.56. The minimum absolute atomic E-state index is 0.00472. The van der Waals surface area contributed by atoms with E-state index in [-0.39, 0.29) is 29.8 Å². The van der Waals surface area contributed by atoms with Crippen LogP contribution in [-0.2, 0) is 19.1 Å². The second-order valence-electron chi connectivity index (χ2n) is 11.7. The fourth-order valence-electron chi connectivity index (χ4n) is 7.59. The van der Waals surface area contributed by atoms with Gasteiger partial charge in [-0.3, -0.25) is 14.4 Å². The van der Waals surface area contributed by atoms with Gasteiger partial charge in [0, 0.05) is 22.7 Å². The predicted octanol–water partition coefficient (Wildman–Crippen LogP) is 4.67. The van der Waals surface area contributed by atoms with Gasteiger partial charge in [-0.1, -0.05) is 63.2 Å². The van der Waals surface area contributed by atoms with E-state index in [2.05, 4.69) is 10.6 Å². The summed E-state index contributed by atoms with van der Waals surface area (Å²) < 4.78 is 6.55. The van der Waals surface area contributed by atoms with E-state index in [1.807, 2.05) is 47.6 Å². The van der Waals surface area contributed by atoms with Crippen LogP contribution in [0.1, 0.15) is 70.6 Å². The molecule has 3 heterocycles. The van der Waals surface area contributed by atoms with Gasteiger partial charge < -0.3 is 20.3 Å². The zero-order chi connectivity index (χ0) is 26.3. The fraction of sp³-hybridized carbons (Fsp3) is 0.633. The van der Waals surface area contributed by atoms with Crippen molar-refractivity contribution in [3.8, 4) is 0 Å². The Morgan fingerprint density at radius 2 is 1.71 bits per heavy atom. The Labute approximate surface area is 229 Å². The molecule has 3 amide bonds. The van der Waals surface area contributed by atoms with Crippen LogP contribution in [0.25, 0.3) is 0 Å². The molecule has 3 aliphatic heterocycles. The van der Waals surface area contributed by atoms with Gasteiger partial charge in [-0.15, -0.1) is 11.8 Å². The molecule has 1 aromatic carbocycles. The molecule has 38 heavy (non-hydrogen) atoms. The molecule has 7 nitrogen and oxygen atoms in total. The first kappa shape index (κ1) is 25.9. The van der Waals surface area contributed by atoms with Crippen LogP contribution in [0.2, 0.25) is 0 Å². The number of rotatable bonds is 6. The fourth-order valence-corrected chi connectivity index (χ4v) is 8.05. The average molecular weight is 538 g/mol. The lowest BCUT2D eigenvalue weighted by Crippen LogP contribution is -2.58. The number of carbonyl (C=O) groups excluding carboxylic acids is 3. The second kappa shape index (κ2) is 10.7. The van der Waals surface area contributed by atoms with Crippen molar-refractivity contribution in [2.45, 2.75) is 105 Å². The first-order valence-electron chi connectivity index (χ1n) is 14.5. The number of ether oxygens (including phenoxy) is 1. The van der Waals surface area contributed by atoms with E-state index in [0.29, 0.717) is 5.69 Å². The number of fused-ring (bicyclic) bond motifs is 1. The summed E-state index contributed by atoms with van der Waals surface area (Å²) in [5.41, 5.74) is -0.379. The Hall–Kier alpha value is -2.32. The van der Waals surface area contributed by atoms with Crippen molar-refractivity contribution < 1.29 is 19.1 Å². The molecular formula is C30H39N3O4S. The lowest BCUT2D eigenvalue weighted by atomic mass is 9.74. The van der Waals surface area contributed by atoms with Crippen LogP contribution in [0, 0.1) is 11.8 Å². The zero-order valence-electron chi connectivity index (χ0n) is 22.2. The quantitative estimate of drug-likeness (QED) is 0.313. The van der Waals surface area contributed by atoms with E-state index >= 15 is 0 Å². The van der Waals surface area contributed by atoms with Crippen LogP contribution in [0.5, 0.6) is 0 Å². The third kappa shape index (κ3) is 4.47. The van der Waals surface area contributed by atoms with E-state index in [4.69, 9.17) is 4.74 Å². The van der Waals surface area contributed by atoms with Crippen molar-refractivity contribution >= 4 is 35.2 Å². The van der Waals surface area contributed by atoms with Gasteiger partial charge >= 0.3 is 0 Å². The van der Waals surface area contributed by atoms with E-state index < -0.39 is 29.6 Å². The molecule has 5 atom stereocenters. The Kier molecular flexibility index (Phi) is 7.29. The molecule has 2 saturated carbocycles. The number of nitrogens with one attached hydrogen (secondary N) is 2. The van der Waals surface area contributed by atoms with Crippen LogP contribution >= 0.6 is 11.8 Å². The monoisotopic (exact) mass is 537 g/mol. The Morgan fingerprint density at radius 3 is 2.45 bits per heavy atom. The van der Waals surface area contributed by atoms with Gasteiger partial charge in [0.15, 0.2) is 0 Å². The molecule has 2 bridgehead atoms. The van der Waals surface area contributed by atoms with Gasteiger partial charge in [-0.25, -0.2) is 0 Å². The topological polar surface area (TPSA) is 87.7 Å². The maximum atomic E-state index is 14.3. The summed E-state index contributed by atoms with van der Waals surface area (Å²) in [6, 6.07) is 7.14. The lowest BCUT2D eigenvalue weighted by Gasteiger charge is -2.37. The van der Waals surface area contributed by atoms with Crippen LogP contribution in [0.4, 0.5) is 5.69 Å². The summed E-state index contributed by atoms with van der Waals surface area (Å²) in [7, 11) is 0. The maximum absolute atomic E-state index is 14.3. The van der Waals surface area contributed by atoms with Gasteiger partial charge in [0.25, 0.3) is 0 Å². The molecule has 0 aromatic heterocycles. The number of benzene rings is 1. The summed E-state index contributed by atoms with van der Waals surface area (Å²) in [5.74, 6) is -1.77. The minimum atomic E-state index is -1.09. The average Bonchev–Trinajstić information content (AvgIpc) is 3.48. The second-order valence-corrected chi connectivity index (χ2v) is 12.5. The minimum Gasteiger partial charge on any atom is -0.359 e. The molecule has 2 aliphatic carbocycles. The molecule has 5 aliphatic rings. The number of thioether (sulfide) groups is 1. The number of amides is 3. The SMILES string of the molecule is CSc1cccc(NC(=O)[C@H]2[C@@H]3C=C[C@]4(O3)[C@@H]2C(=O)N(C2CCCCCC2)[C@H]4C(=O)NC2CCCCC2)c1. The highest BCUT2D eigenvalue weighted by molar-refractivity contribution is 7.98. The van der Waals surface area contributed by atoms with Gasteiger partial charge in [0.05, 0.1) is 17.9 Å². The standard InChI is InChI=1S/C30H39N3O4S/c1-38-22-15-9-12-20(18-22)32-27(34)24-23-16-17-30(37-23)25(24)29(36)33(21-13-7-2-3-8-14-21)26(30)28(35)31-19-10-5-4-6-11-19/h9,12,15-19,21,23-26H,2-8,10-11,13-14H2,1H3,(H,31,35)(H,32,34)/t23-,24-,25-,26-,30-/m0/s1. The summed E-state index contributed by atoms with van der Waals surface area (Å²) in [5, 5.41) is 6.35. The Morgan fingerprint density at radius 1 is 1.00 bits per heavy atom. The highest BCUT2D eigenvalue weighted by Gasteiger charge is 2.73. The Bertz CT molecular complexity index is 1110. The van der Waals surface area contributed by atoms with Crippen molar-refractivity contribution in [3.05, 3.63) is 36.4 Å². The molecule has 6 rings (SSSR count). The predicted molar refractivity (Wildman–Crippen MR) is 148 cm³/mol. The van der Waals surface area contributed by atoms with E-state index in [1.165, 1.54) is 6.42 Å². The van der Waals surface area contributed by atoms with Gasteiger partial charge in [-0.2, -0.15) is 0 Å². The molecule has 204 valence electrons. The van der Waals surface area contributed by atoms with Gasteiger partial charge in [0.2, 0.25) is 17.7 Å². The smallest absolute Gasteiger partial charge is 0.246 e. The number of anilines is 1. The summed E-state index contributed by atoms with van der Waals surface area (Å²) in [4.78, 5) is 45.0. The van der Waals surface area contributed by atoms with Gasteiger partial charge in [-0.05, 0) is 50.1 Å². The molecule has 8 heteroatoms. The van der Waals surface area contributed by atoms with E-state index in [0.717, 1.165) is 69.1 Å². The van der Waals surface area contributed by atoms with Crippen LogP contribution in [0.15, 0.2) is 41.3 Å². The lowest BCUT2D eigenvalue weighted by molar-refractivity contribution is -0.144. The number of nitrogens with zero attached hydrogens (tertiary/aromatic N) is 1. The summed E-state index contributed by atoms with van der Waals surface area (Å²) in [6.07, 6.45) is 16.9. The van der Waals surface area contributed by atoms with Crippen molar-refractivity contribution in [2.75, 3.05) is 11.6 Å². The normalized spacial score (nSPS) is 33.3. The van der Waals surface area contributed by atoms with Crippen LogP contribution < -0.4 is 10.6 Å². The van der Waals surface area contributed by atoms with Crippen molar-refractivity contribution in [1.82, 2.24) is 10.2 Å². The van der Waals surface area contributed by atoms with Crippen LogP contribution in [0.3, 0.4) is 0 Å². The number of hydrogen-bond acceptors (Lipinski definition) is 5. The molecule has 2 N–H and O–H groups in total. The summed E-state index contributed by atoms with van der Waals surface area (Å²) in [6.45, 7) is 0. The molecule has 2 saturated heterocycles. The van der Waals surface area contributed by atoms with Crippen molar-refractivity contribution in [1.29, 1.82) is 0 Å². The molecule has 0 radical (unpaired) electrons. The molecule has 1 aromatic rings. The number of likely N-dealkylation sites (tertiary alicyclic amines) is 1. The largest absolute Gasteiger partial charge is 0.359 e. The van der Waals surface area contributed by atoms with Gasteiger partial charge in [0.1, 0.15) is 11.6 Å². The third-order valence-electron chi connectivity index (χ3n) is 9.37. The van der Waals surface area contributed by atoms with E-state index in [1.54, 1.807) is 11.8 Å². The Balaban J connectivity index is 1.31. The zero-order valence-corrected chi connectivity index (χ0v) is 23.0. The third-order valence-corrected chi connectivity index (χ3v) is 10.1. The van der Waals surface area contributed by atoms with E-state index in [9.17, 15) is 14.4 Å². The van der Waals surface area contributed by atoms with Crippen molar-refractivity contribution in [3.63, 3.8) is 0 Å². The highest BCUT2D eigenvalue weighted by atomic mass is 32.2. The first-order chi connectivity index (χ1) is 18.5. The molecule has 1 spiro atoms. The molecular weight excluding hydrogens is 498 g/mol. The van der Waals surface area contributed by atoms with Crippen molar-refractivity contribution in [2.24, 2.45) is 11.8 Å². The summed E-state index contributed by atoms with van der Waals surface area (Å²) >= 11 is 1.61. The molecule has 0 unspecified atom stereocenters. The first-order valence-corrected chi connectivity index (χ1v) is 15.7. The number of carbonyl (C=O) groups is 3.